The van der Waals surface area contributed by atoms with E-state index in [2.05, 4.69) is 10.5 Å². The summed E-state index contributed by atoms with van der Waals surface area (Å²) in [5.41, 5.74) is 0.201. The third-order valence-corrected chi connectivity index (χ3v) is 2.51. The van der Waals surface area contributed by atoms with Crippen LogP contribution in [0, 0.1) is 4.91 Å². The largest absolute Gasteiger partial charge is 0.465 e. The third kappa shape index (κ3) is 3.94. The Morgan fingerprint density at radius 3 is 2.11 bits per heavy atom. The van der Waals surface area contributed by atoms with Gasteiger partial charge in [-0.2, -0.15) is 13.2 Å². The maximum Gasteiger partial charge on any atom is 0.418 e. The van der Waals surface area contributed by atoms with Gasteiger partial charge in [0.15, 0.2) is 0 Å². The van der Waals surface area contributed by atoms with Crippen molar-refractivity contribution in [1.29, 1.82) is 0 Å². The lowest BCUT2D eigenvalue weighted by Gasteiger charge is -2.15. The van der Waals surface area contributed by atoms with Crippen LogP contribution < -0.4 is 5.32 Å². The van der Waals surface area contributed by atoms with Crippen LogP contribution in [-0.4, -0.2) is 17.4 Å². The average Bonchev–Trinajstić information content (AvgIpc) is 2.28. The third-order valence-electron chi connectivity index (χ3n) is 2.51. The van der Waals surface area contributed by atoms with Crippen molar-refractivity contribution in [3.05, 3.63) is 40.3 Å². The molecule has 2 atom stereocenters. The molecule has 0 heterocycles. The number of alkyl halides is 3. The van der Waals surface area contributed by atoms with Crippen molar-refractivity contribution in [2.45, 2.75) is 25.2 Å². The highest BCUT2D eigenvalue weighted by Crippen LogP contribution is 2.35. The molecular weight excluding hydrogens is 265 g/mol. The summed E-state index contributed by atoms with van der Waals surface area (Å²) < 4.78 is 37.4. The van der Waals surface area contributed by atoms with E-state index in [0.29, 0.717) is 5.56 Å². The number of carboxylic acid groups (broad SMARTS) is 1. The van der Waals surface area contributed by atoms with Gasteiger partial charge in [0.1, 0.15) is 0 Å². The second kappa shape index (κ2) is 5.68. The molecule has 0 saturated carbocycles. The highest BCUT2D eigenvalue weighted by molar-refractivity contribution is 5.65. The van der Waals surface area contributed by atoms with Crippen LogP contribution in [0.3, 0.4) is 0 Å². The summed E-state index contributed by atoms with van der Waals surface area (Å²) in [6, 6.07) is 1.87. The van der Waals surface area contributed by atoms with Crippen LogP contribution in [-0.2, 0) is 0 Å². The normalized spacial score (nSPS) is 14.5. The molecule has 0 aromatic heterocycles. The standard InChI is InChI=1S/C11H11F3N2O3/c1-6(15-10(17)18)7-2-4-8(5-3-7)9(16-19)11(12,13)14/h2-6,9,15H,1H3,(H,17,18). The van der Waals surface area contributed by atoms with E-state index in [0.717, 1.165) is 12.1 Å². The number of benzene rings is 1. The van der Waals surface area contributed by atoms with E-state index < -0.39 is 24.4 Å². The molecular formula is C11H11F3N2O3. The smallest absolute Gasteiger partial charge is 0.418 e. The van der Waals surface area contributed by atoms with Gasteiger partial charge < -0.3 is 10.4 Å². The van der Waals surface area contributed by atoms with E-state index in [4.69, 9.17) is 5.11 Å². The Bertz CT molecular complexity index is 459. The van der Waals surface area contributed by atoms with Crippen molar-refractivity contribution in [2.75, 3.05) is 0 Å². The van der Waals surface area contributed by atoms with Gasteiger partial charge in [0.05, 0.1) is 6.04 Å². The summed E-state index contributed by atoms with van der Waals surface area (Å²) in [4.78, 5) is 20.7. The van der Waals surface area contributed by atoms with Gasteiger partial charge in [-0.1, -0.05) is 29.4 Å². The number of nitrogens with one attached hydrogen (secondary N) is 1. The Morgan fingerprint density at radius 2 is 1.74 bits per heavy atom. The fourth-order valence-electron chi connectivity index (χ4n) is 1.55. The number of carbonyl (C=O) groups is 1. The zero-order valence-corrected chi connectivity index (χ0v) is 9.81. The summed E-state index contributed by atoms with van der Waals surface area (Å²) in [7, 11) is 0. The Labute approximate surface area is 106 Å². The predicted octanol–water partition coefficient (Wildman–Crippen LogP) is 3.39. The number of hydrogen-bond donors (Lipinski definition) is 2. The van der Waals surface area contributed by atoms with Gasteiger partial charge in [-0.05, 0) is 18.1 Å². The highest BCUT2D eigenvalue weighted by Gasteiger charge is 2.42. The minimum atomic E-state index is -4.74. The first-order chi connectivity index (χ1) is 8.75. The molecule has 1 rings (SSSR count). The molecule has 0 fully saturated rings. The molecule has 0 aliphatic heterocycles. The van der Waals surface area contributed by atoms with Gasteiger partial charge in [-0.3, -0.25) is 0 Å². The molecule has 1 aromatic rings. The van der Waals surface area contributed by atoms with Crippen LogP contribution in [0.2, 0.25) is 0 Å². The maximum absolute atomic E-state index is 12.5. The summed E-state index contributed by atoms with van der Waals surface area (Å²) in [6.07, 6.45) is -5.98. The molecule has 2 N–H and O–H groups in total. The molecule has 1 aromatic carbocycles. The molecule has 5 nitrogen and oxygen atoms in total. The minimum Gasteiger partial charge on any atom is -0.465 e. The summed E-state index contributed by atoms with van der Waals surface area (Å²) in [6.45, 7) is 1.54. The number of nitroso groups, excluding NO2 is 1. The second-order valence-electron chi connectivity index (χ2n) is 3.89. The first kappa shape index (κ1) is 14.9. The van der Waals surface area contributed by atoms with Crippen molar-refractivity contribution >= 4 is 6.09 Å². The lowest BCUT2D eigenvalue weighted by atomic mass is 10.0. The monoisotopic (exact) mass is 276 g/mol. The highest BCUT2D eigenvalue weighted by atomic mass is 19.4. The zero-order valence-electron chi connectivity index (χ0n) is 9.81. The van der Waals surface area contributed by atoms with E-state index in [1.165, 1.54) is 12.1 Å². The van der Waals surface area contributed by atoms with Crippen LogP contribution in [0.25, 0.3) is 0 Å². The van der Waals surface area contributed by atoms with E-state index >= 15 is 0 Å². The van der Waals surface area contributed by atoms with Gasteiger partial charge in [0.25, 0.3) is 0 Å². The van der Waals surface area contributed by atoms with E-state index in [9.17, 15) is 22.9 Å². The number of rotatable bonds is 4. The molecule has 1 amide bonds. The molecule has 0 radical (unpaired) electrons. The van der Waals surface area contributed by atoms with E-state index in [1.807, 2.05) is 0 Å². The second-order valence-corrected chi connectivity index (χ2v) is 3.89. The maximum atomic E-state index is 12.5. The molecule has 0 aliphatic carbocycles. The summed E-state index contributed by atoms with van der Waals surface area (Å²) >= 11 is 0. The van der Waals surface area contributed by atoms with Gasteiger partial charge in [0, 0.05) is 0 Å². The number of amides is 1. The van der Waals surface area contributed by atoms with Crippen LogP contribution >= 0.6 is 0 Å². The molecule has 0 bridgehead atoms. The Kier molecular flexibility index (Phi) is 4.47. The van der Waals surface area contributed by atoms with Crippen molar-refractivity contribution < 1.29 is 23.1 Å². The molecule has 19 heavy (non-hydrogen) atoms. The Morgan fingerprint density at radius 1 is 1.26 bits per heavy atom. The SMILES string of the molecule is CC(NC(=O)O)c1ccc(C(N=O)C(F)(F)F)cc1. The van der Waals surface area contributed by atoms with Gasteiger partial charge in [-0.15, -0.1) is 4.91 Å². The zero-order chi connectivity index (χ0) is 14.6. The minimum absolute atomic E-state index is 0.284. The first-order valence-corrected chi connectivity index (χ1v) is 5.24. The van der Waals surface area contributed by atoms with E-state index in [-0.39, 0.29) is 5.56 Å². The topological polar surface area (TPSA) is 78.8 Å². The van der Waals surface area contributed by atoms with E-state index in [1.54, 1.807) is 6.92 Å². The van der Waals surface area contributed by atoms with Crippen LogP contribution in [0.15, 0.2) is 29.4 Å². The van der Waals surface area contributed by atoms with Crippen molar-refractivity contribution in [1.82, 2.24) is 5.32 Å². The Hall–Kier alpha value is -2.12. The first-order valence-electron chi connectivity index (χ1n) is 5.24. The quantitative estimate of drug-likeness (QED) is 0.827. The molecule has 2 unspecified atom stereocenters. The van der Waals surface area contributed by atoms with Crippen LogP contribution in [0.4, 0.5) is 18.0 Å². The van der Waals surface area contributed by atoms with Crippen molar-refractivity contribution in [2.24, 2.45) is 5.18 Å². The van der Waals surface area contributed by atoms with Gasteiger partial charge >= 0.3 is 12.3 Å². The van der Waals surface area contributed by atoms with Crippen LogP contribution in [0.5, 0.6) is 0 Å². The summed E-state index contributed by atoms with van der Waals surface area (Å²) in [5.74, 6) is 0. The van der Waals surface area contributed by atoms with Gasteiger partial charge in [0.2, 0.25) is 6.04 Å². The van der Waals surface area contributed by atoms with Crippen molar-refractivity contribution in [3.63, 3.8) is 0 Å². The molecule has 0 saturated heterocycles. The molecule has 0 aliphatic rings. The van der Waals surface area contributed by atoms with Gasteiger partial charge in [-0.25, -0.2) is 4.79 Å². The lowest BCUT2D eigenvalue weighted by molar-refractivity contribution is -0.148. The summed E-state index contributed by atoms with van der Waals surface area (Å²) in [5, 5.41) is 12.7. The molecule has 8 heteroatoms. The molecule has 104 valence electrons. The number of halogens is 3. The van der Waals surface area contributed by atoms with Crippen LogP contribution in [0.1, 0.15) is 30.1 Å². The predicted molar refractivity (Wildman–Crippen MR) is 60.6 cm³/mol. The number of hydrogen-bond acceptors (Lipinski definition) is 3. The van der Waals surface area contributed by atoms with Crippen molar-refractivity contribution in [3.8, 4) is 0 Å². The lowest BCUT2D eigenvalue weighted by Crippen LogP contribution is -2.24. The Balaban J connectivity index is 2.92. The molecule has 0 spiro atoms. The number of nitrogens with zero attached hydrogens (tertiary/aromatic N) is 1. The average molecular weight is 276 g/mol. The fraction of sp³-hybridized carbons (Fsp3) is 0.364. The fourth-order valence-corrected chi connectivity index (χ4v) is 1.55.